The highest BCUT2D eigenvalue weighted by Crippen LogP contribution is 2.28. The molecule has 1 aliphatic rings. The molecule has 88 valence electrons. The summed E-state index contributed by atoms with van der Waals surface area (Å²) in [7, 11) is 0. The standard InChI is InChI=1S/C12H18N2O2/c1-9-6-12(16)14(8-13-9)7-11(15)10-4-2-3-5-10/h6,8,10-11,15H,2-5,7H2,1H3. The number of aliphatic hydroxyl groups is 1. The Morgan fingerprint density at radius 2 is 2.25 bits per heavy atom. The third kappa shape index (κ3) is 2.50. The summed E-state index contributed by atoms with van der Waals surface area (Å²) in [6.07, 6.45) is 5.66. The molecule has 0 aliphatic heterocycles. The quantitative estimate of drug-likeness (QED) is 0.833. The Hall–Kier alpha value is -1.16. The minimum atomic E-state index is -0.412. The molecule has 4 heteroatoms. The molecule has 1 N–H and O–H groups in total. The Kier molecular flexibility index (Phi) is 3.39. The van der Waals surface area contributed by atoms with Crippen molar-refractivity contribution in [3.63, 3.8) is 0 Å². The van der Waals surface area contributed by atoms with Gasteiger partial charge < -0.3 is 5.11 Å². The number of hydrogen-bond acceptors (Lipinski definition) is 3. The first-order chi connectivity index (χ1) is 7.66. The zero-order valence-corrected chi connectivity index (χ0v) is 9.59. The molecule has 1 fully saturated rings. The van der Waals surface area contributed by atoms with Crippen LogP contribution in [0.2, 0.25) is 0 Å². The van der Waals surface area contributed by atoms with Crippen LogP contribution < -0.4 is 5.56 Å². The van der Waals surface area contributed by atoms with Crippen molar-refractivity contribution < 1.29 is 5.11 Å². The Bertz CT molecular complexity index is 408. The fourth-order valence-electron chi connectivity index (χ4n) is 2.35. The summed E-state index contributed by atoms with van der Waals surface area (Å²) < 4.78 is 1.50. The zero-order chi connectivity index (χ0) is 11.5. The fourth-order valence-corrected chi connectivity index (χ4v) is 2.35. The molecule has 0 aromatic carbocycles. The zero-order valence-electron chi connectivity index (χ0n) is 9.59. The SMILES string of the molecule is Cc1cc(=O)n(CC(O)C2CCCC2)cn1. The summed E-state index contributed by atoms with van der Waals surface area (Å²) in [4.78, 5) is 15.7. The van der Waals surface area contributed by atoms with Gasteiger partial charge in [-0.2, -0.15) is 0 Å². The van der Waals surface area contributed by atoms with Crippen LogP contribution in [-0.2, 0) is 6.54 Å². The molecule has 1 aromatic rings. The van der Waals surface area contributed by atoms with E-state index in [1.807, 2.05) is 0 Å². The second-order valence-corrected chi connectivity index (χ2v) is 4.63. The van der Waals surface area contributed by atoms with E-state index < -0.39 is 6.10 Å². The predicted octanol–water partition coefficient (Wildman–Crippen LogP) is 1.10. The second kappa shape index (κ2) is 4.78. The van der Waals surface area contributed by atoms with Crippen molar-refractivity contribution >= 4 is 0 Å². The Balaban J connectivity index is 2.05. The van der Waals surface area contributed by atoms with E-state index in [1.54, 1.807) is 6.92 Å². The van der Waals surface area contributed by atoms with E-state index >= 15 is 0 Å². The van der Waals surface area contributed by atoms with Crippen molar-refractivity contribution in [1.29, 1.82) is 0 Å². The van der Waals surface area contributed by atoms with Gasteiger partial charge in [-0.05, 0) is 25.7 Å². The molecule has 16 heavy (non-hydrogen) atoms. The van der Waals surface area contributed by atoms with E-state index in [-0.39, 0.29) is 5.56 Å². The maximum Gasteiger partial charge on any atom is 0.253 e. The van der Waals surface area contributed by atoms with Crippen molar-refractivity contribution in [3.05, 3.63) is 28.4 Å². The highest BCUT2D eigenvalue weighted by atomic mass is 16.3. The van der Waals surface area contributed by atoms with Gasteiger partial charge in [-0.3, -0.25) is 9.36 Å². The van der Waals surface area contributed by atoms with E-state index in [0.29, 0.717) is 12.5 Å². The van der Waals surface area contributed by atoms with Gasteiger partial charge in [0.2, 0.25) is 0 Å². The lowest BCUT2D eigenvalue weighted by molar-refractivity contribution is 0.0917. The van der Waals surface area contributed by atoms with Gasteiger partial charge in [0.1, 0.15) is 0 Å². The molecule has 0 saturated heterocycles. The molecule has 2 rings (SSSR count). The van der Waals surface area contributed by atoms with Crippen LogP contribution >= 0.6 is 0 Å². The third-order valence-corrected chi connectivity index (χ3v) is 3.34. The van der Waals surface area contributed by atoms with Crippen molar-refractivity contribution in [2.75, 3.05) is 0 Å². The van der Waals surface area contributed by atoms with Crippen LogP contribution in [0.5, 0.6) is 0 Å². The summed E-state index contributed by atoms with van der Waals surface area (Å²) in [5.74, 6) is 0.355. The van der Waals surface area contributed by atoms with Crippen LogP contribution in [0.1, 0.15) is 31.4 Å². The van der Waals surface area contributed by atoms with Gasteiger partial charge in [0.05, 0.1) is 19.0 Å². The monoisotopic (exact) mass is 222 g/mol. The van der Waals surface area contributed by atoms with Gasteiger partial charge in [0, 0.05) is 11.8 Å². The van der Waals surface area contributed by atoms with Crippen molar-refractivity contribution in [2.24, 2.45) is 5.92 Å². The molecule has 1 aromatic heterocycles. The highest BCUT2D eigenvalue weighted by molar-refractivity contribution is 4.96. The van der Waals surface area contributed by atoms with Crippen LogP contribution in [-0.4, -0.2) is 20.8 Å². The summed E-state index contributed by atoms with van der Waals surface area (Å²) >= 11 is 0. The van der Waals surface area contributed by atoms with E-state index in [1.165, 1.54) is 29.8 Å². The van der Waals surface area contributed by atoms with Gasteiger partial charge in [-0.15, -0.1) is 0 Å². The Morgan fingerprint density at radius 1 is 1.56 bits per heavy atom. The molecule has 0 bridgehead atoms. The number of aryl methyl sites for hydroxylation is 1. The third-order valence-electron chi connectivity index (χ3n) is 3.34. The van der Waals surface area contributed by atoms with E-state index in [4.69, 9.17) is 0 Å². The van der Waals surface area contributed by atoms with Crippen molar-refractivity contribution in [1.82, 2.24) is 9.55 Å². The maximum absolute atomic E-state index is 11.6. The number of hydrogen-bond donors (Lipinski definition) is 1. The molecule has 1 saturated carbocycles. The average Bonchev–Trinajstić information content (AvgIpc) is 2.75. The highest BCUT2D eigenvalue weighted by Gasteiger charge is 2.23. The Labute approximate surface area is 95.0 Å². The van der Waals surface area contributed by atoms with Crippen LogP contribution in [0.25, 0.3) is 0 Å². The number of rotatable bonds is 3. The van der Waals surface area contributed by atoms with Crippen LogP contribution in [0.4, 0.5) is 0 Å². The van der Waals surface area contributed by atoms with E-state index in [0.717, 1.165) is 18.5 Å². The minimum absolute atomic E-state index is 0.0791. The lowest BCUT2D eigenvalue weighted by Gasteiger charge is -2.18. The first-order valence-corrected chi connectivity index (χ1v) is 5.88. The Morgan fingerprint density at radius 3 is 2.88 bits per heavy atom. The second-order valence-electron chi connectivity index (χ2n) is 4.63. The summed E-state index contributed by atoms with van der Waals surface area (Å²) in [6.45, 7) is 2.16. The molecule has 1 unspecified atom stereocenters. The number of aromatic nitrogens is 2. The minimum Gasteiger partial charge on any atom is -0.391 e. The van der Waals surface area contributed by atoms with Crippen molar-refractivity contribution in [3.8, 4) is 0 Å². The average molecular weight is 222 g/mol. The van der Waals surface area contributed by atoms with Crippen LogP contribution in [0.15, 0.2) is 17.2 Å². The first-order valence-electron chi connectivity index (χ1n) is 5.88. The largest absolute Gasteiger partial charge is 0.391 e. The lowest BCUT2D eigenvalue weighted by Crippen LogP contribution is -2.30. The molecular formula is C12H18N2O2. The summed E-state index contributed by atoms with van der Waals surface area (Å²) in [5, 5.41) is 10.0. The molecule has 0 spiro atoms. The van der Waals surface area contributed by atoms with E-state index in [2.05, 4.69) is 4.98 Å². The van der Waals surface area contributed by atoms with Crippen molar-refractivity contribution in [2.45, 2.75) is 45.3 Å². The molecule has 1 atom stereocenters. The maximum atomic E-state index is 11.6. The predicted molar refractivity (Wildman–Crippen MR) is 61.2 cm³/mol. The molecule has 0 amide bonds. The number of aliphatic hydroxyl groups excluding tert-OH is 1. The van der Waals surface area contributed by atoms with Gasteiger partial charge in [-0.1, -0.05) is 12.8 Å². The molecule has 1 aliphatic carbocycles. The van der Waals surface area contributed by atoms with Gasteiger partial charge in [-0.25, -0.2) is 4.98 Å². The molecule has 0 radical (unpaired) electrons. The number of nitrogens with zero attached hydrogens (tertiary/aromatic N) is 2. The lowest BCUT2D eigenvalue weighted by atomic mass is 10.0. The van der Waals surface area contributed by atoms with Crippen LogP contribution in [0, 0.1) is 12.8 Å². The van der Waals surface area contributed by atoms with Crippen LogP contribution in [0.3, 0.4) is 0 Å². The smallest absolute Gasteiger partial charge is 0.253 e. The topological polar surface area (TPSA) is 55.1 Å². The first kappa shape index (κ1) is 11.3. The van der Waals surface area contributed by atoms with Gasteiger partial charge in [0.15, 0.2) is 0 Å². The summed E-state index contributed by atoms with van der Waals surface area (Å²) in [5.41, 5.74) is 0.640. The molecule has 4 nitrogen and oxygen atoms in total. The van der Waals surface area contributed by atoms with Gasteiger partial charge in [0.25, 0.3) is 5.56 Å². The normalized spacial score (nSPS) is 18.9. The molecular weight excluding hydrogens is 204 g/mol. The van der Waals surface area contributed by atoms with E-state index in [9.17, 15) is 9.90 Å². The van der Waals surface area contributed by atoms with Gasteiger partial charge >= 0.3 is 0 Å². The summed E-state index contributed by atoms with van der Waals surface area (Å²) in [6, 6.07) is 1.50. The fraction of sp³-hybridized carbons (Fsp3) is 0.667. The molecule has 1 heterocycles.